The molecule has 1 fully saturated rings. The largest absolute Gasteiger partial charge is 0.490 e. The van der Waals surface area contributed by atoms with Gasteiger partial charge in [-0.2, -0.15) is 13.2 Å². The van der Waals surface area contributed by atoms with Crippen LogP contribution in [0.5, 0.6) is 23.1 Å². The minimum Gasteiger partial charge on any atom is -0.490 e. The molecule has 0 unspecified atom stereocenters. The fourth-order valence-corrected chi connectivity index (χ4v) is 3.73. The van der Waals surface area contributed by atoms with Gasteiger partial charge in [-0.05, 0) is 55.5 Å². The highest BCUT2D eigenvalue weighted by Crippen LogP contribution is 2.30. The number of likely N-dealkylation sites (tertiary alicyclic amines) is 1. The summed E-state index contributed by atoms with van der Waals surface area (Å²) in [5.74, 6) is 0.760. The van der Waals surface area contributed by atoms with Gasteiger partial charge in [0.15, 0.2) is 0 Å². The first-order valence-electron chi connectivity index (χ1n) is 11.9. The van der Waals surface area contributed by atoms with Gasteiger partial charge in [-0.25, -0.2) is 14.6 Å². The Bertz CT molecular complexity index is 1240. The highest BCUT2D eigenvalue weighted by molar-refractivity contribution is 5.89. The summed E-state index contributed by atoms with van der Waals surface area (Å²) in [6.07, 6.45) is -3.23. The lowest BCUT2D eigenvalue weighted by molar-refractivity contribution is -0.137. The number of piperidine rings is 1. The number of benzene rings is 2. The van der Waals surface area contributed by atoms with E-state index in [1.165, 1.54) is 24.3 Å². The summed E-state index contributed by atoms with van der Waals surface area (Å²) in [5.41, 5.74) is -0.455. The maximum atomic E-state index is 12.7. The third kappa shape index (κ3) is 7.15. The first kappa shape index (κ1) is 26.8. The van der Waals surface area contributed by atoms with Crippen molar-refractivity contribution >= 4 is 12.1 Å². The number of ether oxygens (including phenoxy) is 4. The van der Waals surface area contributed by atoms with Crippen LogP contribution in [-0.2, 0) is 10.9 Å². The van der Waals surface area contributed by atoms with Crippen LogP contribution in [0.2, 0.25) is 0 Å². The van der Waals surface area contributed by atoms with Crippen LogP contribution in [0.25, 0.3) is 0 Å². The van der Waals surface area contributed by atoms with Crippen LogP contribution in [0.3, 0.4) is 0 Å². The number of hydrogen-bond donors (Lipinski definition) is 0. The number of hydrogen-bond acceptors (Lipinski definition) is 7. The summed E-state index contributed by atoms with van der Waals surface area (Å²) in [6.45, 7) is 2.89. The van der Waals surface area contributed by atoms with Crippen molar-refractivity contribution in [2.45, 2.75) is 32.0 Å². The molecule has 1 saturated heterocycles. The van der Waals surface area contributed by atoms with Crippen molar-refractivity contribution in [3.63, 3.8) is 0 Å². The molecule has 0 radical (unpaired) electrons. The molecule has 0 aliphatic carbocycles. The normalized spacial score (nSPS) is 14.1. The van der Waals surface area contributed by atoms with Gasteiger partial charge >= 0.3 is 18.2 Å². The second-order valence-corrected chi connectivity index (χ2v) is 8.38. The molecule has 0 spiro atoms. The fourth-order valence-electron chi connectivity index (χ4n) is 3.73. The van der Waals surface area contributed by atoms with Crippen LogP contribution in [-0.4, -0.2) is 47.7 Å². The van der Waals surface area contributed by atoms with Crippen LogP contribution in [0.4, 0.5) is 18.0 Å². The number of rotatable bonds is 7. The van der Waals surface area contributed by atoms with Gasteiger partial charge in [0.2, 0.25) is 5.88 Å². The number of nitrogens with zero attached hydrogens (tertiary/aromatic N) is 2. The molecule has 0 saturated carbocycles. The third-order valence-corrected chi connectivity index (χ3v) is 5.66. The van der Waals surface area contributed by atoms with Gasteiger partial charge in [-0.1, -0.05) is 6.07 Å². The smallest absolute Gasteiger partial charge is 0.417 e. The number of halogens is 3. The van der Waals surface area contributed by atoms with E-state index in [4.69, 9.17) is 18.9 Å². The van der Waals surface area contributed by atoms with E-state index in [0.29, 0.717) is 49.2 Å². The number of amides is 1. The second kappa shape index (κ2) is 11.8. The SMILES string of the molecule is CCOC(=O)c1cccc(OC2CCN(C(=O)Oc3ccc(Oc4ccc(C(F)(F)F)cn4)cc3)CC2)c1. The second-order valence-electron chi connectivity index (χ2n) is 8.38. The Morgan fingerprint density at radius 3 is 2.32 bits per heavy atom. The standard InChI is InChI=1S/C27H25F3N2O6/c1-2-35-25(33)18-4-3-5-23(16-18)36-22-12-14-32(15-13-22)26(34)38-21-9-7-20(8-10-21)37-24-11-6-19(17-31-24)27(28,29)30/h3-11,16-17,22H,2,12-15H2,1H3. The quantitative estimate of drug-likeness (QED) is 0.341. The van der Waals surface area contributed by atoms with Crippen LogP contribution in [0.1, 0.15) is 35.7 Å². The van der Waals surface area contributed by atoms with Crippen molar-refractivity contribution in [2.24, 2.45) is 0 Å². The lowest BCUT2D eigenvalue weighted by atomic mass is 10.1. The molecule has 1 amide bonds. The number of esters is 1. The maximum Gasteiger partial charge on any atom is 0.417 e. The van der Waals surface area contributed by atoms with Gasteiger partial charge in [-0.15, -0.1) is 0 Å². The van der Waals surface area contributed by atoms with E-state index < -0.39 is 23.8 Å². The lowest BCUT2D eigenvalue weighted by Gasteiger charge is -2.31. The van der Waals surface area contributed by atoms with Gasteiger partial charge in [0, 0.05) is 38.2 Å². The first-order valence-corrected chi connectivity index (χ1v) is 11.9. The Hall–Kier alpha value is -4.28. The zero-order valence-electron chi connectivity index (χ0n) is 20.4. The number of pyridine rings is 1. The van der Waals surface area contributed by atoms with Gasteiger partial charge in [0.05, 0.1) is 17.7 Å². The Morgan fingerprint density at radius 1 is 0.974 bits per heavy atom. The first-order chi connectivity index (χ1) is 18.2. The molecular formula is C27H25F3N2O6. The van der Waals surface area contributed by atoms with Crippen molar-refractivity contribution < 1.29 is 41.7 Å². The molecule has 0 bridgehead atoms. The number of alkyl halides is 3. The average molecular weight is 530 g/mol. The van der Waals surface area contributed by atoms with Gasteiger partial charge in [0.1, 0.15) is 23.4 Å². The molecule has 38 heavy (non-hydrogen) atoms. The molecule has 11 heteroatoms. The summed E-state index contributed by atoms with van der Waals surface area (Å²) in [6, 6.07) is 14.9. The molecule has 2 aromatic carbocycles. The van der Waals surface area contributed by atoms with Gasteiger partial charge < -0.3 is 23.8 Å². The Labute approximate surface area is 216 Å². The summed E-state index contributed by atoms with van der Waals surface area (Å²) in [5, 5.41) is 0. The molecule has 4 rings (SSSR count). The molecule has 200 valence electrons. The third-order valence-electron chi connectivity index (χ3n) is 5.66. The predicted molar refractivity (Wildman–Crippen MR) is 129 cm³/mol. The van der Waals surface area contributed by atoms with Gasteiger partial charge in [0.25, 0.3) is 0 Å². The monoisotopic (exact) mass is 530 g/mol. The molecule has 1 aliphatic rings. The van der Waals surface area contributed by atoms with E-state index in [1.807, 2.05) is 0 Å². The minimum atomic E-state index is -4.48. The molecule has 1 aliphatic heterocycles. The fraction of sp³-hybridized carbons (Fsp3) is 0.296. The summed E-state index contributed by atoms with van der Waals surface area (Å²) < 4.78 is 59.8. The number of carbonyl (C=O) groups is 2. The van der Waals surface area contributed by atoms with E-state index in [1.54, 1.807) is 36.1 Å². The van der Waals surface area contributed by atoms with Crippen LogP contribution in [0, 0.1) is 0 Å². The zero-order chi connectivity index (χ0) is 27.1. The molecule has 2 heterocycles. The molecule has 0 N–H and O–H groups in total. The van der Waals surface area contributed by atoms with Crippen molar-refractivity contribution in [1.82, 2.24) is 9.88 Å². The summed E-state index contributed by atoms with van der Waals surface area (Å²) in [4.78, 5) is 29.7. The van der Waals surface area contributed by atoms with E-state index >= 15 is 0 Å². The topological polar surface area (TPSA) is 87.2 Å². The Morgan fingerprint density at radius 2 is 1.68 bits per heavy atom. The van der Waals surface area contributed by atoms with Crippen molar-refractivity contribution in [3.05, 3.63) is 78.0 Å². The molecule has 3 aromatic rings. The van der Waals surface area contributed by atoms with Crippen LogP contribution < -0.4 is 14.2 Å². The van der Waals surface area contributed by atoms with Crippen molar-refractivity contribution in [3.8, 4) is 23.1 Å². The average Bonchev–Trinajstić information content (AvgIpc) is 2.90. The molecule has 8 nitrogen and oxygen atoms in total. The highest BCUT2D eigenvalue weighted by atomic mass is 19.4. The van der Waals surface area contributed by atoms with Crippen LogP contribution >= 0.6 is 0 Å². The maximum absolute atomic E-state index is 12.7. The molecule has 1 aromatic heterocycles. The Kier molecular flexibility index (Phi) is 8.35. The van der Waals surface area contributed by atoms with E-state index in [2.05, 4.69) is 4.98 Å². The summed E-state index contributed by atoms with van der Waals surface area (Å²) in [7, 11) is 0. The number of aromatic nitrogens is 1. The number of carbonyl (C=O) groups excluding carboxylic acids is 2. The zero-order valence-corrected chi connectivity index (χ0v) is 20.4. The minimum absolute atomic E-state index is 0.000420. The predicted octanol–water partition coefficient (Wildman–Crippen LogP) is 6.11. The van der Waals surface area contributed by atoms with Crippen molar-refractivity contribution in [2.75, 3.05) is 19.7 Å². The summed E-state index contributed by atoms with van der Waals surface area (Å²) >= 11 is 0. The van der Waals surface area contributed by atoms with Crippen LogP contribution in [0.15, 0.2) is 66.9 Å². The van der Waals surface area contributed by atoms with E-state index in [-0.39, 0.29) is 24.3 Å². The molecule has 0 atom stereocenters. The van der Waals surface area contributed by atoms with E-state index in [0.717, 1.165) is 12.1 Å². The van der Waals surface area contributed by atoms with E-state index in [9.17, 15) is 22.8 Å². The molecular weight excluding hydrogens is 505 g/mol. The van der Waals surface area contributed by atoms with Gasteiger partial charge in [-0.3, -0.25) is 0 Å². The van der Waals surface area contributed by atoms with Crippen molar-refractivity contribution in [1.29, 1.82) is 0 Å². The lowest BCUT2D eigenvalue weighted by Crippen LogP contribution is -2.43. The highest BCUT2D eigenvalue weighted by Gasteiger charge is 2.30. The Balaban J connectivity index is 1.24.